The third kappa shape index (κ3) is 3.93. The van der Waals surface area contributed by atoms with Crippen LogP contribution >= 0.6 is 0 Å². The topological polar surface area (TPSA) is 46.5 Å². The van der Waals surface area contributed by atoms with Crippen molar-refractivity contribution in [1.82, 2.24) is 0 Å². The van der Waals surface area contributed by atoms with Gasteiger partial charge in [0.25, 0.3) is 0 Å². The van der Waals surface area contributed by atoms with Crippen molar-refractivity contribution in [3.8, 4) is 11.5 Å². The molecular formula is C13H18O3. The molecule has 1 N–H and O–H groups in total. The van der Waals surface area contributed by atoms with E-state index in [0.29, 0.717) is 18.8 Å². The highest BCUT2D eigenvalue weighted by molar-refractivity contribution is 5.75. The average Bonchev–Trinajstić information content (AvgIpc) is 2.21. The first-order chi connectivity index (χ1) is 7.63. The zero-order valence-corrected chi connectivity index (χ0v) is 9.82. The maximum atomic E-state index is 10.8. The van der Waals surface area contributed by atoms with Crippen LogP contribution < -0.4 is 4.74 Å². The lowest BCUT2D eigenvalue weighted by Crippen LogP contribution is -1.95. The molecular weight excluding hydrogens is 204 g/mol. The SMILES string of the molecule is CCOc1ccc(CCCC(C)=O)c(O)c1. The highest BCUT2D eigenvalue weighted by Crippen LogP contribution is 2.24. The Hall–Kier alpha value is -1.51. The predicted molar refractivity (Wildman–Crippen MR) is 62.9 cm³/mol. The summed E-state index contributed by atoms with van der Waals surface area (Å²) in [5, 5.41) is 9.72. The van der Waals surface area contributed by atoms with Gasteiger partial charge >= 0.3 is 0 Å². The molecule has 1 aromatic carbocycles. The monoisotopic (exact) mass is 222 g/mol. The van der Waals surface area contributed by atoms with Crippen molar-refractivity contribution in [2.75, 3.05) is 6.61 Å². The molecule has 0 saturated heterocycles. The van der Waals surface area contributed by atoms with Gasteiger partial charge in [0, 0.05) is 12.5 Å². The largest absolute Gasteiger partial charge is 0.508 e. The van der Waals surface area contributed by atoms with Crippen molar-refractivity contribution in [1.29, 1.82) is 0 Å². The van der Waals surface area contributed by atoms with Crippen LogP contribution in [0.4, 0.5) is 0 Å². The molecule has 0 saturated carbocycles. The minimum atomic E-state index is 0.186. The van der Waals surface area contributed by atoms with Gasteiger partial charge in [0.2, 0.25) is 0 Å². The van der Waals surface area contributed by atoms with Crippen molar-refractivity contribution < 1.29 is 14.6 Å². The number of ketones is 1. The molecule has 0 aliphatic heterocycles. The van der Waals surface area contributed by atoms with Gasteiger partial charge < -0.3 is 14.6 Å². The van der Waals surface area contributed by atoms with Crippen LogP contribution in [0.5, 0.6) is 11.5 Å². The predicted octanol–water partition coefficient (Wildman–Crippen LogP) is 2.70. The molecule has 0 bridgehead atoms. The molecule has 1 aromatic rings. The summed E-state index contributed by atoms with van der Waals surface area (Å²) in [5.74, 6) is 1.11. The number of hydrogen-bond acceptors (Lipinski definition) is 3. The van der Waals surface area contributed by atoms with Gasteiger partial charge in [0.15, 0.2) is 0 Å². The second kappa shape index (κ2) is 6.16. The summed E-state index contributed by atoms with van der Waals surface area (Å²) in [6.07, 6.45) is 2.06. The first-order valence-corrected chi connectivity index (χ1v) is 5.57. The number of ether oxygens (including phenoxy) is 1. The molecule has 3 heteroatoms. The minimum Gasteiger partial charge on any atom is -0.508 e. The molecule has 0 amide bonds. The van der Waals surface area contributed by atoms with Crippen LogP contribution in [0, 0.1) is 0 Å². The standard InChI is InChI=1S/C13H18O3/c1-3-16-12-8-7-11(13(15)9-12)6-4-5-10(2)14/h7-9,15H,3-6H2,1-2H3. The van der Waals surface area contributed by atoms with Crippen molar-refractivity contribution in [2.24, 2.45) is 0 Å². The van der Waals surface area contributed by atoms with E-state index in [2.05, 4.69) is 0 Å². The molecule has 0 aromatic heterocycles. The Labute approximate surface area is 96.1 Å². The molecule has 0 fully saturated rings. The lowest BCUT2D eigenvalue weighted by molar-refractivity contribution is -0.117. The molecule has 0 unspecified atom stereocenters. The van der Waals surface area contributed by atoms with Crippen LogP contribution in [0.1, 0.15) is 32.3 Å². The first-order valence-electron chi connectivity index (χ1n) is 5.57. The van der Waals surface area contributed by atoms with Crippen molar-refractivity contribution in [3.05, 3.63) is 23.8 Å². The molecule has 16 heavy (non-hydrogen) atoms. The van der Waals surface area contributed by atoms with Crippen LogP contribution in [0.3, 0.4) is 0 Å². The lowest BCUT2D eigenvalue weighted by atomic mass is 10.1. The number of benzene rings is 1. The number of aryl methyl sites for hydroxylation is 1. The molecule has 0 heterocycles. The van der Waals surface area contributed by atoms with Crippen molar-refractivity contribution in [3.63, 3.8) is 0 Å². The maximum absolute atomic E-state index is 10.8. The number of phenols is 1. The highest BCUT2D eigenvalue weighted by Gasteiger charge is 2.04. The van der Waals surface area contributed by atoms with E-state index in [-0.39, 0.29) is 11.5 Å². The fourth-order valence-electron chi connectivity index (χ4n) is 1.54. The second-order valence-corrected chi connectivity index (χ2v) is 3.78. The summed E-state index contributed by atoms with van der Waals surface area (Å²) in [5.41, 5.74) is 0.865. The fourth-order valence-corrected chi connectivity index (χ4v) is 1.54. The Kier molecular flexibility index (Phi) is 4.83. The number of rotatable bonds is 6. The average molecular weight is 222 g/mol. The van der Waals surface area contributed by atoms with Gasteiger partial charge in [-0.2, -0.15) is 0 Å². The second-order valence-electron chi connectivity index (χ2n) is 3.78. The van der Waals surface area contributed by atoms with Gasteiger partial charge in [0.1, 0.15) is 17.3 Å². The molecule has 0 radical (unpaired) electrons. The van der Waals surface area contributed by atoms with E-state index >= 15 is 0 Å². The molecule has 3 nitrogen and oxygen atoms in total. The first kappa shape index (κ1) is 12.6. The van der Waals surface area contributed by atoms with Gasteiger partial charge in [-0.05, 0) is 38.3 Å². The van der Waals surface area contributed by atoms with Gasteiger partial charge in [-0.3, -0.25) is 0 Å². The zero-order chi connectivity index (χ0) is 12.0. The summed E-state index contributed by atoms with van der Waals surface area (Å²) in [4.78, 5) is 10.8. The Balaban J connectivity index is 2.57. The Morgan fingerprint density at radius 3 is 2.75 bits per heavy atom. The van der Waals surface area contributed by atoms with Crippen LogP contribution in [0.15, 0.2) is 18.2 Å². The molecule has 0 aliphatic rings. The third-order valence-electron chi connectivity index (χ3n) is 2.34. The lowest BCUT2D eigenvalue weighted by Gasteiger charge is -2.07. The summed E-state index contributed by atoms with van der Waals surface area (Å²) in [7, 11) is 0. The van der Waals surface area contributed by atoms with Gasteiger partial charge in [0.05, 0.1) is 6.61 Å². The molecule has 0 spiro atoms. The third-order valence-corrected chi connectivity index (χ3v) is 2.34. The number of phenolic OH excluding ortho intramolecular Hbond substituents is 1. The highest BCUT2D eigenvalue weighted by atomic mass is 16.5. The van der Waals surface area contributed by atoms with Crippen molar-refractivity contribution in [2.45, 2.75) is 33.1 Å². The van der Waals surface area contributed by atoms with E-state index < -0.39 is 0 Å². The molecule has 1 rings (SSSR count). The minimum absolute atomic E-state index is 0.186. The smallest absolute Gasteiger partial charge is 0.129 e. The van der Waals surface area contributed by atoms with E-state index in [0.717, 1.165) is 18.4 Å². The Bertz CT molecular complexity index is 358. The molecule has 0 atom stereocenters. The van der Waals surface area contributed by atoms with Crippen LogP contribution in [0.25, 0.3) is 0 Å². The number of Topliss-reactive ketones (excluding diaryl/α,β-unsaturated/α-hetero) is 1. The Morgan fingerprint density at radius 1 is 1.44 bits per heavy atom. The number of hydrogen-bond donors (Lipinski definition) is 1. The number of aromatic hydroxyl groups is 1. The van der Waals surface area contributed by atoms with E-state index in [4.69, 9.17) is 4.74 Å². The number of carbonyl (C=O) groups excluding carboxylic acids is 1. The van der Waals surface area contributed by atoms with E-state index in [1.54, 1.807) is 13.0 Å². The van der Waals surface area contributed by atoms with Gasteiger partial charge in [-0.1, -0.05) is 6.07 Å². The summed E-state index contributed by atoms with van der Waals surface area (Å²) in [6, 6.07) is 5.30. The molecule has 0 aliphatic carbocycles. The maximum Gasteiger partial charge on any atom is 0.129 e. The molecule has 88 valence electrons. The number of carbonyl (C=O) groups is 1. The van der Waals surface area contributed by atoms with E-state index in [1.807, 2.05) is 19.1 Å². The quantitative estimate of drug-likeness (QED) is 0.805. The van der Waals surface area contributed by atoms with Crippen LogP contribution in [-0.4, -0.2) is 17.5 Å². The fraction of sp³-hybridized carbons (Fsp3) is 0.462. The Morgan fingerprint density at radius 2 is 2.19 bits per heavy atom. The zero-order valence-electron chi connectivity index (χ0n) is 9.82. The van der Waals surface area contributed by atoms with Crippen LogP contribution in [-0.2, 0) is 11.2 Å². The van der Waals surface area contributed by atoms with E-state index in [1.165, 1.54) is 0 Å². The summed E-state index contributed by atoms with van der Waals surface area (Å²) in [6.45, 7) is 4.07. The van der Waals surface area contributed by atoms with E-state index in [9.17, 15) is 9.90 Å². The normalized spacial score (nSPS) is 10.1. The summed E-state index contributed by atoms with van der Waals surface area (Å²) < 4.78 is 5.27. The van der Waals surface area contributed by atoms with Gasteiger partial charge in [-0.15, -0.1) is 0 Å². The van der Waals surface area contributed by atoms with Crippen LogP contribution in [0.2, 0.25) is 0 Å². The van der Waals surface area contributed by atoms with Gasteiger partial charge in [-0.25, -0.2) is 0 Å². The summed E-state index contributed by atoms with van der Waals surface area (Å²) >= 11 is 0. The van der Waals surface area contributed by atoms with Crippen molar-refractivity contribution >= 4 is 5.78 Å².